The summed E-state index contributed by atoms with van der Waals surface area (Å²) in [6.45, 7) is 1.92. The first-order valence-electron chi connectivity index (χ1n) is 6.22. The first kappa shape index (κ1) is 15.0. The maximum atomic E-state index is 11.1. The summed E-state index contributed by atoms with van der Waals surface area (Å²) in [6, 6.07) is 13.9. The topological polar surface area (TPSA) is 79.0 Å². The van der Waals surface area contributed by atoms with Gasteiger partial charge in [0.05, 0.1) is 16.6 Å². The van der Waals surface area contributed by atoms with Gasteiger partial charge in [-0.15, -0.1) is 0 Å². The van der Waals surface area contributed by atoms with E-state index < -0.39 is 4.92 Å². The minimum atomic E-state index is -0.489. The molecule has 0 spiro atoms. The van der Waals surface area contributed by atoms with Crippen LogP contribution in [0.3, 0.4) is 0 Å². The van der Waals surface area contributed by atoms with Crippen molar-refractivity contribution >= 4 is 27.3 Å². The highest BCUT2D eigenvalue weighted by molar-refractivity contribution is 9.10. The normalized spacial score (nSPS) is 11.5. The number of benzene rings is 2. The summed E-state index contributed by atoms with van der Waals surface area (Å²) in [4.78, 5) is 10.6. The van der Waals surface area contributed by atoms with Crippen molar-refractivity contribution in [3.8, 4) is 6.07 Å². The molecule has 0 saturated carbocycles. The molecule has 1 N–H and O–H groups in total. The highest BCUT2D eigenvalue weighted by Crippen LogP contribution is 2.29. The lowest BCUT2D eigenvalue weighted by atomic mass is 10.1. The molecule has 1 unspecified atom stereocenters. The first-order valence-corrected chi connectivity index (χ1v) is 7.01. The number of nitrogens with one attached hydrogen (secondary N) is 1. The number of hydrogen-bond acceptors (Lipinski definition) is 4. The van der Waals surface area contributed by atoms with E-state index in [0.29, 0.717) is 5.69 Å². The van der Waals surface area contributed by atoms with E-state index in [4.69, 9.17) is 5.26 Å². The molecule has 2 aromatic carbocycles. The van der Waals surface area contributed by atoms with Crippen LogP contribution in [-0.2, 0) is 0 Å². The molecule has 0 aromatic heterocycles. The smallest absolute Gasteiger partial charge is 0.293 e. The zero-order chi connectivity index (χ0) is 15.4. The highest BCUT2D eigenvalue weighted by Gasteiger charge is 2.17. The Balaban J connectivity index is 2.28. The second-order valence-electron chi connectivity index (χ2n) is 4.52. The van der Waals surface area contributed by atoms with E-state index in [1.54, 1.807) is 12.1 Å². The third-order valence-corrected chi connectivity index (χ3v) is 3.59. The van der Waals surface area contributed by atoms with Crippen molar-refractivity contribution in [1.29, 1.82) is 5.26 Å². The summed E-state index contributed by atoms with van der Waals surface area (Å²) in [7, 11) is 0. The summed E-state index contributed by atoms with van der Waals surface area (Å²) in [6.07, 6.45) is 0. The van der Waals surface area contributed by atoms with Gasteiger partial charge in [-0.3, -0.25) is 10.1 Å². The fourth-order valence-electron chi connectivity index (χ4n) is 1.94. The van der Waals surface area contributed by atoms with Crippen LogP contribution < -0.4 is 5.32 Å². The van der Waals surface area contributed by atoms with Gasteiger partial charge >= 0.3 is 0 Å². The van der Waals surface area contributed by atoms with Gasteiger partial charge in [-0.25, -0.2) is 0 Å². The number of rotatable bonds is 4. The summed E-state index contributed by atoms with van der Waals surface area (Å²) in [5, 5.41) is 23.0. The summed E-state index contributed by atoms with van der Waals surface area (Å²) >= 11 is 3.37. The predicted molar refractivity (Wildman–Crippen MR) is 84.0 cm³/mol. The zero-order valence-electron chi connectivity index (χ0n) is 11.2. The monoisotopic (exact) mass is 345 g/mol. The number of nitrogens with zero attached hydrogens (tertiary/aromatic N) is 2. The molecule has 0 aliphatic carbocycles. The molecule has 0 fully saturated rings. The Morgan fingerprint density at radius 2 is 1.95 bits per heavy atom. The van der Waals surface area contributed by atoms with Gasteiger partial charge in [0.25, 0.3) is 5.69 Å². The maximum Gasteiger partial charge on any atom is 0.293 e. The molecular weight excluding hydrogens is 334 g/mol. The maximum absolute atomic E-state index is 11.1. The second kappa shape index (κ2) is 6.37. The molecule has 1 atom stereocenters. The van der Waals surface area contributed by atoms with Gasteiger partial charge in [0.15, 0.2) is 0 Å². The lowest BCUT2D eigenvalue weighted by Crippen LogP contribution is -2.08. The van der Waals surface area contributed by atoms with Crippen LogP contribution in [0.4, 0.5) is 11.4 Å². The van der Waals surface area contributed by atoms with Crippen molar-refractivity contribution in [3.05, 3.63) is 68.2 Å². The van der Waals surface area contributed by atoms with Crippen LogP contribution in [0, 0.1) is 21.4 Å². The van der Waals surface area contributed by atoms with Gasteiger partial charge in [-0.2, -0.15) is 5.26 Å². The van der Waals surface area contributed by atoms with Crippen LogP contribution in [0.2, 0.25) is 0 Å². The van der Waals surface area contributed by atoms with Crippen LogP contribution >= 0.6 is 15.9 Å². The number of anilines is 1. The third-order valence-electron chi connectivity index (χ3n) is 3.07. The summed E-state index contributed by atoms with van der Waals surface area (Å²) in [5.41, 5.74) is 1.58. The molecule has 0 bridgehead atoms. The largest absolute Gasteiger partial charge is 0.373 e. The van der Waals surface area contributed by atoms with Gasteiger partial charge in [0.1, 0.15) is 5.69 Å². The highest BCUT2D eigenvalue weighted by atomic mass is 79.9. The SMILES string of the molecule is CC(Nc1ccc(C#N)cc1[N+](=O)[O-])c1ccc(Br)cc1. The fraction of sp³-hybridized carbons (Fsp3) is 0.133. The van der Waals surface area contributed by atoms with Gasteiger partial charge in [-0.1, -0.05) is 28.1 Å². The van der Waals surface area contributed by atoms with Crippen molar-refractivity contribution < 1.29 is 4.92 Å². The Labute approximate surface area is 130 Å². The van der Waals surface area contributed by atoms with Gasteiger partial charge in [0, 0.05) is 16.6 Å². The van der Waals surface area contributed by atoms with Crippen molar-refractivity contribution in [1.82, 2.24) is 0 Å². The Morgan fingerprint density at radius 1 is 1.29 bits per heavy atom. The number of halogens is 1. The van der Waals surface area contributed by atoms with Crippen molar-refractivity contribution in [2.24, 2.45) is 0 Å². The lowest BCUT2D eigenvalue weighted by molar-refractivity contribution is -0.384. The van der Waals surface area contributed by atoms with Crippen LogP contribution in [0.1, 0.15) is 24.1 Å². The van der Waals surface area contributed by atoms with E-state index in [9.17, 15) is 10.1 Å². The molecule has 0 saturated heterocycles. The van der Waals surface area contributed by atoms with Crippen LogP contribution in [0.25, 0.3) is 0 Å². The number of nitro groups is 1. The van der Waals surface area contributed by atoms with E-state index >= 15 is 0 Å². The van der Waals surface area contributed by atoms with Crippen LogP contribution in [-0.4, -0.2) is 4.92 Å². The number of hydrogen-bond donors (Lipinski definition) is 1. The van der Waals surface area contributed by atoms with E-state index in [2.05, 4.69) is 21.2 Å². The van der Waals surface area contributed by atoms with E-state index in [-0.39, 0.29) is 17.3 Å². The van der Waals surface area contributed by atoms with Crippen LogP contribution in [0.5, 0.6) is 0 Å². The molecular formula is C15H12BrN3O2. The molecule has 5 nitrogen and oxygen atoms in total. The molecule has 21 heavy (non-hydrogen) atoms. The zero-order valence-corrected chi connectivity index (χ0v) is 12.8. The second-order valence-corrected chi connectivity index (χ2v) is 5.43. The predicted octanol–water partition coefficient (Wildman–Crippen LogP) is 4.40. The molecule has 0 heterocycles. The minimum absolute atomic E-state index is 0.0928. The lowest BCUT2D eigenvalue weighted by Gasteiger charge is -2.16. The van der Waals surface area contributed by atoms with Gasteiger partial charge in [0.2, 0.25) is 0 Å². The Hall–Kier alpha value is -2.39. The molecule has 2 rings (SSSR count). The van der Waals surface area contributed by atoms with E-state index in [0.717, 1.165) is 10.0 Å². The fourth-order valence-corrected chi connectivity index (χ4v) is 2.21. The summed E-state index contributed by atoms with van der Waals surface area (Å²) in [5.74, 6) is 0. The molecule has 0 radical (unpaired) electrons. The van der Waals surface area contributed by atoms with E-state index in [1.807, 2.05) is 37.3 Å². The van der Waals surface area contributed by atoms with Crippen molar-refractivity contribution in [2.45, 2.75) is 13.0 Å². The van der Waals surface area contributed by atoms with Gasteiger partial charge < -0.3 is 5.32 Å². The van der Waals surface area contributed by atoms with Crippen LogP contribution in [0.15, 0.2) is 46.9 Å². The molecule has 2 aromatic rings. The number of nitro benzene ring substituents is 1. The molecule has 0 amide bonds. The summed E-state index contributed by atoms with van der Waals surface area (Å²) < 4.78 is 0.975. The molecule has 0 aliphatic rings. The third kappa shape index (κ3) is 3.58. The molecule has 6 heteroatoms. The quantitative estimate of drug-likeness (QED) is 0.657. The standard InChI is InChI=1S/C15H12BrN3O2/c1-10(12-3-5-13(16)6-4-12)18-14-7-2-11(9-17)8-15(14)19(20)21/h2-8,10,18H,1H3. The average molecular weight is 346 g/mol. The molecule has 106 valence electrons. The Morgan fingerprint density at radius 3 is 2.52 bits per heavy atom. The first-order chi connectivity index (χ1) is 10.0. The average Bonchev–Trinajstić information content (AvgIpc) is 2.48. The Kier molecular flexibility index (Phi) is 4.55. The van der Waals surface area contributed by atoms with Crippen molar-refractivity contribution in [2.75, 3.05) is 5.32 Å². The van der Waals surface area contributed by atoms with E-state index in [1.165, 1.54) is 6.07 Å². The molecule has 0 aliphatic heterocycles. The van der Waals surface area contributed by atoms with Crippen molar-refractivity contribution in [3.63, 3.8) is 0 Å². The Bertz CT molecular complexity index is 708. The van der Waals surface area contributed by atoms with Gasteiger partial charge in [-0.05, 0) is 36.8 Å². The number of nitriles is 1. The minimum Gasteiger partial charge on any atom is -0.373 e.